The summed E-state index contributed by atoms with van der Waals surface area (Å²) >= 11 is 0. The molecular weight excluding hydrogens is 912 g/mol. The van der Waals surface area contributed by atoms with Crippen LogP contribution in [0.3, 0.4) is 0 Å². The minimum atomic E-state index is 0. The van der Waals surface area contributed by atoms with Crippen LogP contribution >= 0.6 is 0 Å². The summed E-state index contributed by atoms with van der Waals surface area (Å²) < 4.78 is 13.4. The van der Waals surface area contributed by atoms with E-state index in [0.717, 1.165) is 0 Å². The fourth-order valence-electron chi connectivity index (χ4n) is 3.53. The Morgan fingerprint density at radius 3 is 0.558 bits per heavy atom. The van der Waals surface area contributed by atoms with Crippen molar-refractivity contribution in [2.45, 2.75) is 82.9 Å². The Bertz CT molecular complexity index is 286. The summed E-state index contributed by atoms with van der Waals surface area (Å²) in [4.78, 5) is 0. The summed E-state index contributed by atoms with van der Waals surface area (Å²) in [6.45, 7) is 0. The summed E-state index contributed by atoms with van der Waals surface area (Å²) in [6.07, 6.45) is 0. The molecule has 0 radical (unpaired) electrons. The molecule has 0 unspecified atom stereocenters. The molecule has 5 N–H and O–H groups in total. The second kappa shape index (κ2) is 81.2. The largest absolute Gasteiger partial charge is 0.383 e. The molecule has 0 aromatic heterocycles. The Hall–Kier alpha value is 5.01. The molecule has 0 rings (SSSR count). The third-order valence-electron chi connectivity index (χ3n) is 4.95. The number of nitrogens with one attached hydrogen (secondary N) is 2. The van der Waals surface area contributed by atoms with Crippen molar-refractivity contribution in [2.75, 3.05) is 0 Å². The number of rotatable bonds is 20. The van der Waals surface area contributed by atoms with Crippen molar-refractivity contribution in [2.24, 2.45) is 0 Å². The highest BCUT2D eigenvalue weighted by Crippen LogP contribution is 1.86. The SMILES string of the molecule is C.C.N.[SiH3]C[SiH2]N([SiH2]C[SiH3])[SiH2]C[SiH3].[SiH3]C[SiH2]N([SiH2]C[SiH3])[SiH2]C[SiH3].[SiH3]C[SiH2]N[SiH2]C[SiH3].[SiH3]C[SiH2]N[SiH2]C[SiH3].[SiH3]C[SiH3].[SiH3]C[SiH3]. The van der Waals surface area contributed by atoms with Gasteiger partial charge in [0, 0.05) is 102 Å². The predicted molar refractivity (Wildman–Crippen MR) is 311 cm³/mol. The highest BCUT2D eigenvalue weighted by molar-refractivity contribution is 6.72. The maximum absolute atomic E-state index is 3.63. The minimum Gasteiger partial charge on any atom is -0.383 e. The molecule has 0 amide bonds. The summed E-state index contributed by atoms with van der Waals surface area (Å²) in [5.41, 5.74) is 19.4. The average molecular weight is 1010 g/mol. The van der Waals surface area contributed by atoms with E-state index in [4.69, 9.17) is 0 Å². The zero-order valence-corrected chi connectivity index (χ0v) is 74.3. The van der Waals surface area contributed by atoms with Gasteiger partial charge in [0.2, 0.25) is 0 Å². The molecule has 43 heavy (non-hydrogen) atoms. The van der Waals surface area contributed by atoms with Crippen molar-refractivity contribution in [3.63, 3.8) is 0 Å². The third kappa shape index (κ3) is 99.0. The lowest BCUT2D eigenvalue weighted by atomic mass is 11.9. The summed E-state index contributed by atoms with van der Waals surface area (Å²) in [7, 11) is 23.9. The summed E-state index contributed by atoms with van der Waals surface area (Å²) in [5, 5.41) is 0. The van der Waals surface area contributed by atoms with Crippen LogP contribution in [0.5, 0.6) is 0 Å². The summed E-state index contributed by atoms with van der Waals surface area (Å²) in [5.74, 6) is 0. The van der Waals surface area contributed by atoms with Crippen LogP contribution in [-0.4, -0.2) is 248 Å². The molecule has 276 valence electrons. The molecule has 0 bridgehead atoms. The molecule has 0 heterocycles. The molecule has 0 aromatic carbocycles. The van der Waals surface area contributed by atoms with E-state index in [1.807, 2.05) is 0 Å². The van der Waals surface area contributed by atoms with Crippen molar-refractivity contribution in [1.82, 2.24) is 23.2 Å². The first kappa shape index (κ1) is 69.7. The quantitative estimate of drug-likeness (QED) is 0.0838. The fourth-order valence-corrected chi connectivity index (χ4v) is 78.6. The molecule has 29 heteroatoms. The van der Waals surface area contributed by atoms with Crippen molar-refractivity contribution >= 4 is 240 Å². The lowest BCUT2D eigenvalue weighted by molar-refractivity contribution is 1.08. The highest BCUT2D eigenvalue weighted by Gasteiger charge is 2.00. The van der Waals surface area contributed by atoms with Crippen LogP contribution < -0.4 is 15.4 Å². The van der Waals surface area contributed by atoms with E-state index in [-0.39, 0.29) is 21.0 Å². The van der Waals surface area contributed by atoms with Crippen molar-refractivity contribution in [3.8, 4) is 0 Å². The minimum absolute atomic E-state index is 0. The van der Waals surface area contributed by atoms with Crippen molar-refractivity contribution in [3.05, 3.63) is 0 Å². The Labute approximate surface area is 342 Å². The number of nitrogens with zero attached hydrogens (tertiary/aromatic N) is 2. The van der Waals surface area contributed by atoms with Gasteiger partial charge in [-0.2, -0.15) is 0 Å². The molecule has 0 saturated heterocycles. The number of hydrogen-bond acceptors (Lipinski definition) is 5. The van der Waals surface area contributed by atoms with Crippen molar-refractivity contribution in [1.29, 1.82) is 0 Å². The zero-order valence-electron chi connectivity index (χ0n) is 32.2. The Morgan fingerprint density at radius 2 is 0.465 bits per heavy atom. The van der Waals surface area contributed by atoms with Crippen LogP contribution in [0.15, 0.2) is 0 Å². The van der Waals surface area contributed by atoms with Crippen LogP contribution in [0.25, 0.3) is 0 Å². The molecule has 0 aliphatic heterocycles. The molecule has 0 aromatic rings. The zero-order chi connectivity index (χ0) is 32.1. The van der Waals surface area contributed by atoms with Gasteiger partial charge in [-0.3, -0.25) is 0 Å². The fraction of sp³-hybridized carbons (Fsp3) is 1.00. The summed E-state index contributed by atoms with van der Waals surface area (Å²) in [6, 6.07) is 0. The first-order valence-corrected chi connectivity index (χ1v) is 54.6. The molecule has 0 saturated carbocycles. The van der Waals surface area contributed by atoms with Gasteiger partial charge in [-0.15, -0.1) is 0 Å². The average Bonchev–Trinajstić information content (AvgIpc) is 2.92. The van der Waals surface area contributed by atoms with Crippen LogP contribution in [0.4, 0.5) is 0 Å². The molecule has 0 atom stereocenters. The first-order chi connectivity index (χ1) is 19.3. The topological polar surface area (TPSA) is 65.5 Å². The van der Waals surface area contributed by atoms with Crippen molar-refractivity contribution < 1.29 is 0 Å². The number of hydrogen-bond donors (Lipinski definition) is 3. The van der Waals surface area contributed by atoms with E-state index in [2.05, 4.69) is 17.1 Å². The highest BCUT2D eigenvalue weighted by atomic mass is 28.4. The van der Waals surface area contributed by atoms with Gasteiger partial charge in [0.1, 0.15) is 0 Å². The van der Waals surface area contributed by atoms with E-state index >= 15 is 0 Å². The van der Waals surface area contributed by atoms with E-state index in [9.17, 15) is 0 Å². The second-order valence-electron chi connectivity index (χ2n) is 10.6. The monoisotopic (exact) mass is 1010 g/mol. The first-order valence-electron chi connectivity index (χ1n) is 18.2. The van der Waals surface area contributed by atoms with Gasteiger partial charge in [0.15, 0.2) is 0 Å². The molecule has 0 spiro atoms. The van der Waals surface area contributed by atoms with E-state index < -0.39 is 0 Å². The molecule has 5 nitrogen and oxygen atoms in total. The van der Waals surface area contributed by atoms with Gasteiger partial charge in [-0.1, -0.05) is 82.9 Å². The third-order valence-corrected chi connectivity index (χ3v) is 44.5. The normalized spacial score (nSPS) is 12.7. The second-order valence-corrected chi connectivity index (χ2v) is 81.3. The smallest absolute Gasteiger partial charge is 0.0810 e. The van der Waals surface area contributed by atoms with Gasteiger partial charge in [-0.25, -0.2) is 0 Å². The predicted octanol–water partition coefficient (Wildman–Crippen LogP) is -20.4. The van der Waals surface area contributed by atoms with Gasteiger partial charge < -0.3 is 23.2 Å². The maximum atomic E-state index is 3.63. The van der Waals surface area contributed by atoms with Gasteiger partial charge in [0.05, 0.1) is 96.8 Å². The van der Waals surface area contributed by atoms with E-state index in [0.29, 0.717) is 96.8 Å². The lowest BCUT2D eigenvalue weighted by Crippen LogP contribution is -2.35. The Kier molecular flexibility index (Phi) is 132. The standard InChI is InChI=1S/2C3H21NSi6.2C2H15NSi4.2CH8Si2.2CH4.H3N/c2*5-1-8-4(9-2-6)10-3-7;2*4-1-6-3-7-2-5;2*2-1-3;;;/h2*1-3,8-10H2,5-7H3;2*3H,1-2,6-7H2,4-5H3;2*1H2,2-3H3;2*1H4;1H3. The van der Waals surface area contributed by atoms with Gasteiger partial charge >= 0.3 is 0 Å². The van der Waals surface area contributed by atoms with E-state index in [1.54, 1.807) is 56.7 Å². The van der Waals surface area contributed by atoms with Gasteiger partial charge in [0.25, 0.3) is 0 Å². The van der Waals surface area contributed by atoms with E-state index in [1.165, 1.54) is 155 Å². The molecule has 0 fully saturated rings. The Balaban J connectivity index is -0.0000000475. The van der Waals surface area contributed by atoms with Crippen LogP contribution in [0, 0.1) is 0 Å². The maximum Gasteiger partial charge on any atom is 0.0810 e. The van der Waals surface area contributed by atoms with Gasteiger partial charge in [-0.05, 0) is 41.0 Å². The Morgan fingerprint density at radius 1 is 0.326 bits per heavy atom. The molecular formula is C14H99N5Si24. The van der Waals surface area contributed by atoms with Crippen LogP contribution in [-0.2, 0) is 0 Å². The van der Waals surface area contributed by atoms with Crippen LogP contribution in [0.1, 0.15) is 14.9 Å². The van der Waals surface area contributed by atoms with Crippen LogP contribution in [0.2, 0.25) is 68.0 Å². The molecule has 0 aliphatic rings. The lowest BCUT2D eigenvalue weighted by Gasteiger charge is -2.19. The molecule has 0 aliphatic carbocycles.